The Morgan fingerprint density at radius 3 is 2.56 bits per heavy atom. The van der Waals surface area contributed by atoms with Crippen LogP contribution in [-0.2, 0) is 0 Å². The maximum atomic E-state index is 12.2. The van der Waals surface area contributed by atoms with Crippen LogP contribution < -0.4 is 10.6 Å². The molecular weight excluding hydrogens is 271 g/mol. The average molecular weight is 282 g/mol. The molecule has 0 aliphatic rings. The largest absolute Gasteiger partial charge is 0.409 e. The highest BCUT2D eigenvalue weighted by Crippen LogP contribution is 2.28. The maximum Gasteiger partial charge on any atom is 0.405 e. The molecule has 1 aromatic carbocycles. The third-order valence-electron chi connectivity index (χ3n) is 2.18. The number of halogens is 4. The molecule has 0 bridgehead atoms. The van der Waals surface area contributed by atoms with Gasteiger partial charge in [-0.2, -0.15) is 13.2 Å². The van der Waals surface area contributed by atoms with E-state index < -0.39 is 12.7 Å². The van der Waals surface area contributed by atoms with E-state index in [0.29, 0.717) is 5.56 Å². The Kier molecular flexibility index (Phi) is 4.28. The average Bonchev–Trinajstić information content (AvgIpc) is 2.25. The molecule has 100 valence electrons. The lowest BCUT2D eigenvalue weighted by Crippen LogP contribution is -2.31. The number of oxime groups is 1. The first-order chi connectivity index (χ1) is 8.24. The Hall–Kier alpha value is -1.63. The monoisotopic (exact) mass is 281 g/mol. The minimum absolute atomic E-state index is 0.0888. The molecule has 1 rings (SSSR count). The van der Waals surface area contributed by atoms with Crippen molar-refractivity contribution in [2.75, 3.05) is 18.5 Å². The minimum Gasteiger partial charge on any atom is -0.409 e. The standard InChI is InChI=1S/C10H11ClF3N3O/c1-17(5-10(12,13)14)8-3-2-6(4-7(8)11)9(15)16-18/h2-4,18H,5H2,1H3,(H2,15,16). The molecule has 0 amide bonds. The maximum absolute atomic E-state index is 12.2. The van der Waals surface area contributed by atoms with Crippen molar-refractivity contribution in [2.24, 2.45) is 10.9 Å². The van der Waals surface area contributed by atoms with Crippen LogP contribution in [0.1, 0.15) is 5.56 Å². The number of alkyl halides is 3. The first-order valence-corrected chi connectivity index (χ1v) is 5.17. The Labute approximate surface area is 106 Å². The van der Waals surface area contributed by atoms with E-state index in [1.54, 1.807) is 0 Å². The predicted molar refractivity (Wildman–Crippen MR) is 63.3 cm³/mol. The lowest BCUT2D eigenvalue weighted by Gasteiger charge is -2.22. The smallest absolute Gasteiger partial charge is 0.405 e. The van der Waals surface area contributed by atoms with Crippen molar-refractivity contribution in [3.8, 4) is 0 Å². The predicted octanol–water partition coefficient (Wildman–Crippen LogP) is 2.43. The van der Waals surface area contributed by atoms with Gasteiger partial charge >= 0.3 is 6.18 Å². The minimum atomic E-state index is -4.32. The zero-order valence-corrected chi connectivity index (χ0v) is 10.1. The van der Waals surface area contributed by atoms with Gasteiger partial charge in [0.2, 0.25) is 0 Å². The molecule has 0 saturated carbocycles. The summed E-state index contributed by atoms with van der Waals surface area (Å²) in [5.74, 6) is -0.165. The molecule has 3 N–H and O–H groups in total. The summed E-state index contributed by atoms with van der Waals surface area (Å²) in [6.07, 6.45) is -4.32. The summed E-state index contributed by atoms with van der Waals surface area (Å²) in [6, 6.07) is 4.13. The second-order valence-corrected chi connectivity index (χ2v) is 4.03. The summed E-state index contributed by atoms with van der Waals surface area (Å²) in [7, 11) is 1.28. The summed E-state index contributed by atoms with van der Waals surface area (Å²) in [4.78, 5) is 0.971. The first kappa shape index (κ1) is 14.4. The lowest BCUT2D eigenvalue weighted by molar-refractivity contribution is -0.119. The lowest BCUT2D eigenvalue weighted by atomic mass is 10.2. The van der Waals surface area contributed by atoms with Crippen LogP contribution in [0.5, 0.6) is 0 Å². The normalized spacial score (nSPS) is 12.6. The van der Waals surface area contributed by atoms with E-state index in [4.69, 9.17) is 22.5 Å². The number of hydrogen-bond donors (Lipinski definition) is 2. The molecular formula is C10H11ClF3N3O. The summed E-state index contributed by atoms with van der Waals surface area (Å²) in [5.41, 5.74) is 5.88. The molecule has 0 atom stereocenters. The van der Waals surface area contributed by atoms with E-state index in [1.165, 1.54) is 25.2 Å². The molecule has 0 fully saturated rings. The summed E-state index contributed by atoms with van der Waals surface area (Å²) in [6.45, 7) is -1.12. The summed E-state index contributed by atoms with van der Waals surface area (Å²) >= 11 is 5.85. The molecule has 0 heterocycles. The Balaban J connectivity index is 2.99. The van der Waals surface area contributed by atoms with Crippen LogP contribution >= 0.6 is 11.6 Å². The van der Waals surface area contributed by atoms with Gasteiger partial charge in [0.25, 0.3) is 0 Å². The van der Waals surface area contributed by atoms with Crippen LogP contribution in [0.15, 0.2) is 23.4 Å². The van der Waals surface area contributed by atoms with Crippen molar-refractivity contribution in [3.05, 3.63) is 28.8 Å². The van der Waals surface area contributed by atoms with Gasteiger partial charge in [0.1, 0.15) is 6.54 Å². The van der Waals surface area contributed by atoms with Crippen LogP contribution in [-0.4, -0.2) is 30.8 Å². The molecule has 4 nitrogen and oxygen atoms in total. The van der Waals surface area contributed by atoms with E-state index in [9.17, 15) is 13.2 Å². The Bertz CT molecular complexity index is 462. The number of amidine groups is 1. The SMILES string of the molecule is CN(CC(F)(F)F)c1ccc(C(N)=NO)cc1Cl. The Morgan fingerprint density at radius 2 is 2.11 bits per heavy atom. The second kappa shape index (κ2) is 5.34. The fourth-order valence-corrected chi connectivity index (χ4v) is 1.71. The number of benzene rings is 1. The van der Waals surface area contributed by atoms with Crippen molar-refractivity contribution in [3.63, 3.8) is 0 Å². The zero-order chi connectivity index (χ0) is 13.9. The van der Waals surface area contributed by atoms with Crippen LogP contribution in [0.2, 0.25) is 5.02 Å². The van der Waals surface area contributed by atoms with Crippen molar-refractivity contribution in [1.82, 2.24) is 0 Å². The van der Waals surface area contributed by atoms with Gasteiger partial charge < -0.3 is 15.8 Å². The van der Waals surface area contributed by atoms with E-state index in [-0.39, 0.29) is 16.5 Å². The van der Waals surface area contributed by atoms with Gasteiger partial charge in [-0.1, -0.05) is 16.8 Å². The van der Waals surface area contributed by atoms with Crippen LogP contribution in [0.4, 0.5) is 18.9 Å². The molecule has 0 spiro atoms. The summed E-state index contributed by atoms with van der Waals surface area (Å²) < 4.78 is 36.7. The number of nitrogens with zero attached hydrogens (tertiary/aromatic N) is 2. The number of anilines is 1. The number of nitrogens with two attached hydrogens (primary N) is 1. The van der Waals surface area contributed by atoms with Gasteiger partial charge in [-0.15, -0.1) is 0 Å². The van der Waals surface area contributed by atoms with Crippen molar-refractivity contribution in [1.29, 1.82) is 0 Å². The highest BCUT2D eigenvalue weighted by atomic mass is 35.5. The van der Waals surface area contributed by atoms with Crippen LogP contribution in [0, 0.1) is 0 Å². The molecule has 0 aliphatic heterocycles. The van der Waals surface area contributed by atoms with Crippen molar-refractivity contribution in [2.45, 2.75) is 6.18 Å². The summed E-state index contributed by atoms with van der Waals surface area (Å²) in [5, 5.41) is 11.3. The third kappa shape index (κ3) is 3.69. The molecule has 0 aliphatic carbocycles. The van der Waals surface area contributed by atoms with Crippen molar-refractivity contribution < 1.29 is 18.4 Å². The molecule has 0 aromatic heterocycles. The number of rotatable bonds is 3. The fraction of sp³-hybridized carbons (Fsp3) is 0.300. The van der Waals surface area contributed by atoms with Gasteiger partial charge in [-0.05, 0) is 18.2 Å². The van der Waals surface area contributed by atoms with E-state index >= 15 is 0 Å². The zero-order valence-electron chi connectivity index (χ0n) is 9.37. The Morgan fingerprint density at radius 1 is 1.50 bits per heavy atom. The fourth-order valence-electron chi connectivity index (χ4n) is 1.39. The first-order valence-electron chi connectivity index (χ1n) is 4.80. The molecule has 0 unspecified atom stereocenters. The van der Waals surface area contributed by atoms with Crippen molar-refractivity contribution >= 4 is 23.1 Å². The molecule has 0 radical (unpaired) electrons. The number of hydrogen-bond acceptors (Lipinski definition) is 3. The third-order valence-corrected chi connectivity index (χ3v) is 2.48. The van der Waals surface area contributed by atoms with Gasteiger partial charge in [0.05, 0.1) is 10.7 Å². The molecule has 1 aromatic rings. The molecule has 8 heteroatoms. The second-order valence-electron chi connectivity index (χ2n) is 3.62. The van der Waals surface area contributed by atoms with Crippen LogP contribution in [0.25, 0.3) is 0 Å². The highest BCUT2D eigenvalue weighted by molar-refractivity contribution is 6.33. The van der Waals surface area contributed by atoms with E-state index in [0.717, 1.165) is 4.90 Å². The van der Waals surface area contributed by atoms with Crippen LogP contribution in [0.3, 0.4) is 0 Å². The highest BCUT2D eigenvalue weighted by Gasteiger charge is 2.30. The molecule has 0 saturated heterocycles. The topological polar surface area (TPSA) is 61.8 Å². The van der Waals surface area contributed by atoms with Gasteiger partial charge in [0, 0.05) is 12.6 Å². The van der Waals surface area contributed by atoms with Gasteiger partial charge in [0.15, 0.2) is 5.84 Å². The van der Waals surface area contributed by atoms with E-state index in [2.05, 4.69) is 5.16 Å². The van der Waals surface area contributed by atoms with E-state index in [1.807, 2.05) is 0 Å². The molecule has 18 heavy (non-hydrogen) atoms. The van der Waals surface area contributed by atoms with Gasteiger partial charge in [-0.25, -0.2) is 0 Å². The van der Waals surface area contributed by atoms with Gasteiger partial charge in [-0.3, -0.25) is 0 Å². The quantitative estimate of drug-likeness (QED) is 0.387.